The molecule has 2 aromatic rings. The molecule has 1 atom stereocenters. The van der Waals surface area contributed by atoms with E-state index in [1.165, 1.54) is 6.33 Å². The van der Waals surface area contributed by atoms with Gasteiger partial charge in [0, 0.05) is 24.7 Å². The second-order valence-corrected chi connectivity index (χ2v) is 5.19. The Labute approximate surface area is 117 Å². The van der Waals surface area contributed by atoms with Crippen LogP contribution in [0, 0.1) is 0 Å². The van der Waals surface area contributed by atoms with Crippen LogP contribution in [0.25, 0.3) is 11.4 Å². The average Bonchev–Trinajstić information content (AvgIpc) is 2.70. The van der Waals surface area contributed by atoms with Crippen LogP contribution in [0.2, 0.25) is 0 Å². The molecule has 0 amide bonds. The van der Waals surface area contributed by atoms with E-state index in [0.717, 1.165) is 38.1 Å². The van der Waals surface area contributed by atoms with Crippen LogP contribution in [0.4, 0.5) is 0 Å². The lowest BCUT2D eigenvalue weighted by Gasteiger charge is -2.16. The van der Waals surface area contributed by atoms with E-state index in [-0.39, 0.29) is 5.56 Å². The number of hydrogen-bond donors (Lipinski definition) is 0. The van der Waals surface area contributed by atoms with Crippen molar-refractivity contribution in [2.75, 3.05) is 0 Å². The molecule has 0 radical (unpaired) electrons. The molecule has 5 nitrogen and oxygen atoms in total. The summed E-state index contributed by atoms with van der Waals surface area (Å²) in [6.45, 7) is 2.94. The van der Waals surface area contributed by atoms with Crippen molar-refractivity contribution in [2.45, 2.75) is 45.1 Å². The molecule has 0 saturated heterocycles. The van der Waals surface area contributed by atoms with Gasteiger partial charge in [0.2, 0.25) is 0 Å². The molecule has 0 saturated carbocycles. The number of nitrogens with zero attached hydrogens (tertiary/aromatic N) is 4. The zero-order chi connectivity index (χ0) is 13.9. The molecule has 0 aliphatic carbocycles. The smallest absolute Gasteiger partial charge is 0.254 e. The van der Waals surface area contributed by atoms with Gasteiger partial charge in [-0.1, -0.05) is 13.3 Å². The molecule has 5 heteroatoms. The summed E-state index contributed by atoms with van der Waals surface area (Å²) in [5.74, 6) is 1.29. The highest BCUT2D eigenvalue weighted by molar-refractivity contribution is 5.52. The minimum Gasteiger partial charge on any atom is -0.296 e. The zero-order valence-electron chi connectivity index (χ0n) is 11.6. The van der Waals surface area contributed by atoms with Gasteiger partial charge in [0.1, 0.15) is 12.2 Å². The van der Waals surface area contributed by atoms with E-state index < -0.39 is 0 Å². The molecule has 1 aliphatic heterocycles. The van der Waals surface area contributed by atoms with Crippen LogP contribution in [-0.2, 0) is 6.54 Å². The third kappa shape index (κ3) is 2.35. The van der Waals surface area contributed by atoms with E-state index >= 15 is 0 Å². The standard InChI is InChI=1S/C15H18N4O/c1-2-11-5-3-4-8-19-14(20)9-13(18-15(11)19)12-6-7-16-10-17-12/h6-7,9-11H,2-5,8H2,1H3. The van der Waals surface area contributed by atoms with E-state index in [0.29, 0.717) is 17.3 Å². The Balaban J connectivity index is 2.15. The predicted molar refractivity (Wildman–Crippen MR) is 76.4 cm³/mol. The Bertz CT molecular complexity index is 651. The van der Waals surface area contributed by atoms with Crippen molar-refractivity contribution in [3.8, 4) is 11.4 Å². The predicted octanol–water partition coefficient (Wildman–Crippen LogP) is 2.38. The van der Waals surface area contributed by atoms with Gasteiger partial charge in [-0.25, -0.2) is 15.0 Å². The Kier molecular flexibility index (Phi) is 3.58. The summed E-state index contributed by atoms with van der Waals surface area (Å²) in [6.07, 6.45) is 7.49. The summed E-state index contributed by atoms with van der Waals surface area (Å²) < 4.78 is 1.84. The topological polar surface area (TPSA) is 60.7 Å². The maximum absolute atomic E-state index is 12.4. The first kappa shape index (κ1) is 13.0. The fourth-order valence-corrected chi connectivity index (χ4v) is 2.81. The zero-order valence-corrected chi connectivity index (χ0v) is 11.6. The van der Waals surface area contributed by atoms with Crippen molar-refractivity contribution in [3.05, 3.63) is 40.8 Å². The number of hydrogen-bond acceptors (Lipinski definition) is 4. The third-order valence-electron chi connectivity index (χ3n) is 3.92. The van der Waals surface area contributed by atoms with Crippen LogP contribution in [0.3, 0.4) is 0 Å². The largest absolute Gasteiger partial charge is 0.296 e. The minimum absolute atomic E-state index is 0.0314. The summed E-state index contributed by atoms with van der Waals surface area (Å²) in [4.78, 5) is 25.2. The van der Waals surface area contributed by atoms with Crippen molar-refractivity contribution >= 4 is 0 Å². The second kappa shape index (κ2) is 5.53. The van der Waals surface area contributed by atoms with Crippen molar-refractivity contribution in [1.29, 1.82) is 0 Å². The van der Waals surface area contributed by atoms with Gasteiger partial charge in [-0.05, 0) is 25.3 Å². The fourth-order valence-electron chi connectivity index (χ4n) is 2.81. The second-order valence-electron chi connectivity index (χ2n) is 5.19. The van der Waals surface area contributed by atoms with E-state index in [1.54, 1.807) is 18.3 Å². The van der Waals surface area contributed by atoms with Crippen LogP contribution < -0.4 is 5.56 Å². The molecule has 0 spiro atoms. The molecule has 20 heavy (non-hydrogen) atoms. The van der Waals surface area contributed by atoms with Crippen LogP contribution in [0.5, 0.6) is 0 Å². The van der Waals surface area contributed by atoms with Gasteiger partial charge < -0.3 is 0 Å². The molecule has 1 aliphatic rings. The summed E-state index contributed by atoms with van der Waals surface area (Å²) >= 11 is 0. The van der Waals surface area contributed by atoms with Crippen LogP contribution in [0.1, 0.15) is 44.3 Å². The highest BCUT2D eigenvalue weighted by Crippen LogP contribution is 2.27. The van der Waals surface area contributed by atoms with Gasteiger partial charge >= 0.3 is 0 Å². The van der Waals surface area contributed by atoms with Gasteiger partial charge in [0.15, 0.2) is 0 Å². The van der Waals surface area contributed by atoms with E-state index in [2.05, 4.69) is 16.9 Å². The van der Waals surface area contributed by atoms with Crippen LogP contribution in [-0.4, -0.2) is 19.5 Å². The van der Waals surface area contributed by atoms with Gasteiger partial charge in [0.25, 0.3) is 5.56 Å². The highest BCUT2D eigenvalue weighted by Gasteiger charge is 2.21. The first-order chi connectivity index (χ1) is 9.79. The van der Waals surface area contributed by atoms with Gasteiger partial charge in [-0.2, -0.15) is 0 Å². The molecule has 1 unspecified atom stereocenters. The summed E-state index contributed by atoms with van der Waals surface area (Å²) in [5, 5.41) is 0. The molecule has 3 rings (SSSR count). The summed E-state index contributed by atoms with van der Waals surface area (Å²) in [7, 11) is 0. The molecule has 0 aromatic carbocycles. The SMILES string of the molecule is CCC1CCCCn2c1nc(-c1ccncn1)cc2=O. The molecule has 104 valence electrons. The number of fused-ring (bicyclic) bond motifs is 1. The molecule has 0 N–H and O–H groups in total. The van der Waals surface area contributed by atoms with Crippen molar-refractivity contribution in [3.63, 3.8) is 0 Å². The lowest BCUT2D eigenvalue weighted by Crippen LogP contribution is -2.25. The van der Waals surface area contributed by atoms with Gasteiger partial charge in [-0.3, -0.25) is 9.36 Å². The minimum atomic E-state index is 0.0314. The lowest BCUT2D eigenvalue weighted by atomic mass is 9.99. The average molecular weight is 270 g/mol. The van der Waals surface area contributed by atoms with Crippen LogP contribution in [0.15, 0.2) is 29.5 Å². The van der Waals surface area contributed by atoms with Crippen molar-refractivity contribution in [1.82, 2.24) is 19.5 Å². The summed E-state index contributed by atoms with van der Waals surface area (Å²) in [6, 6.07) is 3.38. The lowest BCUT2D eigenvalue weighted by molar-refractivity contribution is 0.560. The Morgan fingerprint density at radius 3 is 3.00 bits per heavy atom. The Hall–Kier alpha value is -2.04. The first-order valence-electron chi connectivity index (χ1n) is 7.17. The van der Waals surface area contributed by atoms with E-state index in [4.69, 9.17) is 4.98 Å². The highest BCUT2D eigenvalue weighted by atomic mass is 16.1. The summed E-state index contributed by atoms with van der Waals surface area (Å²) in [5.41, 5.74) is 1.40. The Morgan fingerprint density at radius 1 is 1.35 bits per heavy atom. The number of rotatable bonds is 2. The first-order valence-corrected chi connectivity index (χ1v) is 7.17. The third-order valence-corrected chi connectivity index (χ3v) is 3.92. The molecule has 0 fully saturated rings. The monoisotopic (exact) mass is 270 g/mol. The normalized spacial score (nSPS) is 18.4. The number of aromatic nitrogens is 4. The quantitative estimate of drug-likeness (QED) is 0.840. The molecule has 2 aromatic heterocycles. The van der Waals surface area contributed by atoms with E-state index in [9.17, 15) is 4.79 Å². The van der Waals surface area contributed by atoms with Crippen molar-refractivity contribution in [2.24, 2.45) is 0 Å². The van der Waals surface area contributed by atoms with Crippen molar-refractivity contribution < 1.29 is 0 Å². The maximum atomic E-state index is 12.4. The molecule has 0 bridgehead atoms. The molecular weight excluding hydrogens is 252 g/mol. The fraction of sp³-hybridized carbons (Fsp3) is 0.467. The van der Waals surface area contributed by atoms with Gasteiger partial charge in [-0.15, -0.1) is 0 Å². The van der Waals surface area contributed by atoms with E-state index in [1.807, 2.05) is 4.57 Å². The molecular formula is C15H18N4O. The maximum Gasteiger partial charge on any atom is 0.254 e. The van der Waals surface area contributed by atoms with Crippen LogP contribution >= 0.6 is 0 Å². The molecule has 3 heterocycles. The Morgan fingerprint density at radius 2 is 2.25 bits per heavy atom. The van der Waals surface area contributed by atoms with Gasteiger partial charge in [0.05, 0.1) is 11.4 Å².